The van der Waals surface area contributed by atoms with E-state index in [1.807, 2.05) is 4.90 Å². The normalized spacial score (nSPS) is 15.7. The second kappa shape index (κ2) is 10.2. The molecule has 0 spiro atoms. The summed E-state index contributed by atoms with van der Waals surface area (Å²) in [7, 11) is 0. The van der Waals surface area contributed by atoms with Crippen LogP contribution in [0.1, 0.15) is 19.8 Å². The molecule has 1 heterocycles. The number of carbonyl (C=O) groups is 2. The third-order valence-corrected chi connectivity index (χ3v) is 4.20. The van der Waals surface area contributed by atoms with Crippen molar-refractivity contribution in [2.24, 2.45) is 0 Å². The number of nitrogens with one attached hydrogen (secondary N) is 2. The van der Waals surface area contributed by atoms with Crippen LogP contribution in [-0.4, -0.2) is 67.4 Å². The Kier molecular flexibility index (Phi) is 7.93. The molecular formula is C18H26F2N4O2. The maximum Gasteiger partial charge on any atom is 0.238 e. The molecule has 1 aliphatic rings. The summed E-state index contributed by atoms with van der Waals surface area (Å²) in [6.07, 6.45) is 2.02. The van der Waals surface area contributed by atoms with E-state index in [0.29, 0.717) is 39.3 Å². The minimum Gasteiger partial charge on any atom is -0.355 e. The lowest BCUT2D eigenvalue weighted by Crippen LogP contribution is -2.51. The molecule has 2 N–H and O–H groups in total. The Bertz CT molecular complexity index is 599. The standard InChI is InChI=1S/C18H26F2N4O2/c1-2-3-4-21-17(25)12-23-5-7-24(8-6-23)13-18(26)22-16-10-14(19)9-15(20)11-16/h9-11H,2-8,12-13H2,1H3,(H,21,25)(H,22,26). The minimum atomic E-state index is -0.730. The topological polar surface area (TPSA) is 64.7 Å². The molecule has 0 atom stereocenters. The molecule has 2 amide bonds. The van der Waals surface area contributed by atoms with Crippen LogP contribution in [0.2, 0.25) is 0 Å². The van der Waals surface area contributed by atoms with Gasteiger partial charge in [0.2, 0.25) is 11.8 Å². The fourth-order valence-corrected chi connectivity index (χ4v) is 2.80. The van der Waals surface area contributed by atoms with E-state index in [4.69, 9.17) is 0 Å². The summed E-state index contributed by atoms with van der Waals surface area (Å²) in [4.78, 5) is 27.9. The van der Waals surface area contributed by atoms with Crippen molar-refractivity contribution in [2.45, 2.75) is 19.8 Å². The van der Waals surface area contributed by atoms with E-state index in [1.54, 1.807) is 0 Å². The Labute approximate surface area is 152 Å². The maximum absolute atomic E-state index is 13.1. The van der Waals surface area contributed by atoms with Gasteiger partial charge in [-0.1, -0.05) is 13.3 Å². The number of halogens is 2. The van der Waals surface area contributed by atoms with E-state index in [1.165, 1.54) is 0 Å². The molecule has 0 radical (unpaired) electrons. The number of carbonyl (C=O) groups excluding carboxylic acids is 2. The molecular weight excluding hydrogens is 342 g/mol. The molecule has 1 saturated heterocycles. The number of anilines is 1. The van der Waals surface area contributed by atoms with Gasteiger partial charge in [-0.2, -0.15) is 0 Å². The average Bonchev–Trinajstić information content (AvgIpc) is 2.56. The van der Waals surface area contributed by atoms with Crippen LogP contribution in [0.4, 0.5) is 14.5 Å². The lowest BCUT2D eigenvalue weighted by Gasteiger charge is -2.33. The number of benzene rings is 1. The molecule has 2 rings (SSSR count). The first-order chi connectivity index (χ1) is 12.5. The summed E-state index contributed by atoms with van der Waals surface area (Å²) in [5, 5.41) is 5.40. The number of hydrogen-bond acceptors (Lipinski definition) is 4. The predicted octanol–water partition coefficient (Wildman–Crippen LogP) is 1.44. The average molecular weight is 368 g/mol. The molecule has 6 nitrogen and oxygen atoms in total. The number of hydrogen-bond donors (Lipinski definition) is 2. The number of rotatable bonds is 8. The van der Waals surface area contributed by atoms with Gasteiger partial charge in [-0.3, -0.25) is 19.4 Å². The third kappa shape index (κ3) is 7.05. The Morgan fingerprint density at radius 1 is 0.962 bits per heavy atom. The van der Waals surface area contributed by atoms with Crippen LogP contribution < -0.4 is 10.6 Å². The molecule has 0 unspecified atom stereocenters. The van der Waals surface area contributed by atoms with Crippen molar-refractivity contribution in [1.82, 2.24) is 15.1 Å². The SMILES string of the molecule is CCCCNC(=O)CN1CCN(CC(=O)Nc2cc(F)cc(F)c2)CC1. The number of amides is 2. The van der Waals surface area contributed by atoms with Crippen molar-refractivity contribution in [3.05, 3.63) is 29.8 Å². The van der Waals surface area contributed by atoms with Gasteiger partial charge in [0.1, 0.15) is 11.6 Å². The highest BCUT2D eigenvalue weighted by Gasteiger charge is 2.20. The summed E-state index contributed by atoms with van der Waals surface area (Å²) in [5.41, 5.74) is 0.106. The van der Waals surface area contributed by atoms with Crippen molar-refractivity contribution >= 4 is 17.5 Å². The molecule has 1 fully saturated rings. The lowest BCUT2D eigenvalue weighted by atomic mass is 10.2. The van der Waals surface area contributed by atoms with Crippen molar-refractivity contribution in [2.75, 3.05) is 51.1 Å². The zero-order valence-electron chi connectivity index (χ0n) is 15.1. The molecule has 0 saturated carbocycles. The van der Waals surface area contributed by atoms with Gasteiger partial charge in [-0.15, -0.1) is 0 Å². The second-order valence-corrected chi connectivity index (χ2v) is 6.46. The monoisotopic (exact) mass is 368 g/mol. The van der Waals surface area contributed by atoms with Crippen molar-refractivity contribution in [3.8, 4) is 0 Å². The highest BCUT2D eigenvalue weighted by atomic mass is 19.1. The van der Waals surface area contributed by atoms with E-state index in [2.05, 4.69) is 22.5 Å². The first-order valence-corrected chi connectivity index (χ1v) is 8.93. The van der Waals surface area contributed by atoms with Crippen LogP contribution in [0.15, 0.2) is 18.2 Å². The number of piperazine rings is 1. The summed E-state index contributed by atoms with van der Waals surface area (Å²) in [6.45, 7) is 6.01. The molecule has 1 aliphatic heterocycles. The lowest BCUT2D eigenvalue weighted by molar-refractivity contribution is -0.123. The zero-order valence-corrected chi connectivity index (χ0v) is 15.1. The first-order valence-electron chi connectivity index (χ1n) is 8.93. The van der Waals surface area contributed by atoms with Crippen LogP contribution >= 0.6 is 0 Å². The van der Waals surface area contributed by atoms with Crippen LogP contribution in [0.25, 0.3) is 0 Å². The molecule has 1 aromatic rings. The molecule has 0 aromatic heterocycles. The Morgan fingerprint density at radius 3 is 2.04 bits per heavy atom. The maximum atomic E-state index is 13.1. The summed E-state index contributed by atoms with van der Waals surface area (Å²) in [6, 6.07) is 2.92. The molecule has 26 heavy (non-hydrogen) atoms. The van der Waals surface area contributed by atoms with Gasteiger partial charge in [0, 0.05) is 44.5 Å². The first kappa shape index (κ1) is 20.3. The zero-order chi connectivity index (χ0) is 18.9. The quantitative estimate of drug-likeness (QED) is 0.682. The van der Waals surface area contributed by atoms with Gasteiger partial charge in [0.25, 0.3) is 0 Å². The van der Waals surface area contributed by atoms with Crippen LogP contribution in [0.5, 0.6) is 0 Å². The molecule has 0 aliphatic carbocycles. The Balaban J connectivity index is 1.69. The van der Waals surface area contributed by atoms with Gasteiger partial charge in [0.15, 0.2) is 0 Å². The smallest absolute Gasteiger partial charge is 0.238 e. The second-order valence-electron chi connectivity index (χ2n) is 6.46. The van der Waals surface area contributed by atoms with Crippen LogP contribution in [0, 0.1) is 11.6 Å². The fourth-order valence-electron chi connectivity index (χ4n) is 2.80. The van der Waals surface area contributed by atoms with E-state index in [-0.39, 0.29) is 24.0 Å². The van der Waals surface area contributed by atoms with Gasteiger partial charge >= 0.3 is 0 Å². The summed E-state index contributed by atoms with van der Waals surface area (Å²) in [5.74, 6) is -1.75. The summed E-state index contributed by atoms with van der Waals surface area (Å²) < 4.78 is 26.3. The highest BCUT2D eigenvalue weighted by Crippen LogP contribution is 2.13. The number of unbranched alkanes of at least 4 members (excludes halogenated alkanes) is 1. The molecule has 8 heteroatoms. The van der Waals surface area contributed by atoms with E-state index >= 15 is 0 Å². The van der Waals surface area contributed by atoms with Crippen molar-refractivity contribution in [3.63, 3.8) is 0 Å². The molecule has 1 aromatic carbocycles. The number of nitrogens with zero attached hydrogens (tertiary/aromatic N) is 2. The van der Waals surface area contributed by atoms with E-state index in [0.717, 1.165) is 31.0 Å². The van der Waals surface area contributed by atoms with Crippen molar-refractivity contribution < 1.29 is 18.4 Å². The van der Waals surface area contributed by atoms with Crippen molar-refractivity contribution in [1.29, 1.82) is 0 Å². The molecule has 0 bridgehead atoms. The van der Waals surface area contributed by atoms with Gasteiger partial charge in [0.05, 0.1) is 13.1 Å². The van der Waals surface area contributed by atoms with E-state index < -0.39 is 11.6 Å². The predicted molar refractivity (Wildman–Crippen MR) is 95.8 cm³/mol. The third-order valence-electron chi connectivity index (χ3n) is 4.20. The van der Waals surface area contributed by atoms with E-state index in [9.17, 15) is 18.4 Å². The van der Waals surface area contributed by atoms with Crippen LogP contribution in [-0.2, 0) is 9.59 Å². The van der Waals surface area contributed by atoms with Crippen LogP contribution in [0.3, 0.4) is 0 Å². The molecule has 144 valence electrons. The van der Waals surface area contributed by atoms with Gasteiger partial charge in [-0.05, 0) is 18.6 Å². The van der Waals surface area contributed by atoms with Gasteiger partial charge < -0.3 is 10.6 Å². The minimum absolute atomic E-state index is 0.0257. The largest absolute Gasteiger partial charge is 0.355 e. The summed E-state index contributed by atoms with van der Waals surface area (Å²) >= 11 is 0. The highest BCUT2D eigenvalue weighted by molar-refractivity contribution is 5.92. The van der Waals surface area contributed by atoms with Gasteiger partial charge in [-0.25, -0.2) is 8.78 Å². The Hall–Kier alpha value is -2.06. The fraction of sp³-hybridized carbons (Fsp3) is 0.556. The Morgan fingerprint density at radius 2 is 1.50 bits per heavy atom.